The quantitative estimate of drug-likeness (QED) is 0.458. The summed E-state index contributed by atoms with van der Waals surface area (Å²) >= 11 is 8.54. The van der Waals surface area contributed by atoms with Crippen molar-refractivity contribution in [3.63, 3.8) is 0 Å². The maximum Gasteiger partial charge on any atom is 0.251 e. The highest BCUT2D eigenvalue weighted by atomic mass is 79.9. The van der Waals surface area contributed by atoms with Crippen molar-refractivity contribution in [2.24, 2.45) is 10.9 Å². The van der Waals surface area contributed by atoms with E-state index in [1.807, 2.05) is 32.0 Å². The van der Waals surface area contributed by atoms with Crippen LogP contribution >= 0.6 is 28.1 Å². The van der Waals surface area contributed by atoms with Crippen LogP contribution in [0.2, 0.25) is 0 Å². The Morgan fingerprint density at radius 2 is 1.85 bits per heavy atom. The van der Waals surface area contributed by atoms with Crippen LogP contribution in [0.5, 0.6) is 0 Å². The zero-order chi connectivity index (χ0) is 18.8. The van der Waals surface area contributed by atoms with Gasteiger partial charge in [-0.25, -0.2) is 0 Å². The second kappa shape index (κ2) is 7.47. The number of hydrogen-bond donors (Lipinski definition) is 1. The Morgan fingerprint density at radius 3 is 2.54 bits per heavy atom. The molecule has 132 valence electrons. The number of benzene rings is 2. The third-order valence-electron chi connectivity index (χ3n) is 4.01. The van der Waals surface area contributed by atoms with E-state index >= 15 is 0 Å². The summed E-state index contributed by atoms with van der Waals surface area (Å²) in [7, 11) is 0. The summed E-state index contributed by atoms with van der Waals surface area (Å²) in [5, 5.41) is 2.65. The van der Waals surface area contributed by atoms with Crippen LogP contribution in [0.3, 0.4) is 0 Å². The first-order valence-corrected chi connectivity index (χ1v) is 9.13. The molecule has 1 atom stereocenters. The third kappa shape index (κ3) is 3.73. The molecule has 0 spiro atoms. The van der Waals surface area contributed by atoms with Gasteiger partial charge in [0.25, 0.3) is 5.91 Å². The van der Waals surface area contributed by atoms with Crippen molar-refractivity contribution in [2.45, 2.75) is 13.8 Å². The summed E-state index contributed by atoms with van der Waals surface area (Å²) in [5.41, 5.74) is 3.35. The van der Waals surface area contributed by atoms with Gasteiger partial charge < -0.3 is 5.32 Å². The summed E-state index contributed by atoms with van der Waals surface area (Å²) in [5.74, 6) is -1.93. The highest BCUT2D eigenvalue weighted by Gasteiger charge is 2.38. The normalized spacial score (nSPS) is 17.7. The Labute approximate surface area is 165 Å². The second-order valence-electron chi connectivity index (χ2n) is 5.99. The molecule has 0 aromatic heterocycles. The SMILES string of the molecule is Cc1ccc(C)c(N=C[C@H]2C(=O)NC(=S)N(c3ccc(Br)cc3)C2=O)c1. The van der Waals surface area contributed by atoms with E-state index in [4.69, 9.17) is 12.2 Å². The Morgan fingerprint density at radius 1 is 1.15 bits per heavy atom. The Kier molecular flexibility index (Phi) is 5.29. The first-order chi connectivity index (χ1) is 12.4. The highest BCUT2D eigenvalue weighted by Crippen LogP contribution is 2.24. The first kappa shape index (κ1) is 18.4. The van der Waals surface area contributed by atoms with E-state index in [2.05, 4.69) is 26.2 Å². The van der Waals surface area contributed by atoms with Gasteiger partial charge in [0.1, 0.15) is 0 Å². The van der Waals surface area contributed by atoms with E-state index < -0.39 is 17.7 Å². The number of thiocarbonyl (C=S) groups is 1. The van der Waals surface area contributed by atoms with Crippen LogP contribution in [0.25, 0.3) is 0 Å². The summed E-state index contributed by atoms with van der Waals surface area (Å²) < 4.78 is 0.883. The lowest BCUT2D eigenvalue weighted by Gasteiger charge is -2.30. The molecule has 1 N–H and O–H groups in total. The van der Waals surface area contributed by atoms with Crippen LogP contribution in [-0.4, -0.2) is 23.1 Å². The molecule has 7 heteroatoms. The maximum atomic E-state index is 12.9. The van der Waals surface area contributed by atoms with Gasteiger partial charge in [0.05, 0.1) is 11.4 Å². The largest absolute Gasteiger partial charge is 0.301 e. The number of carbonyl (C=O) groups excluding carboxylic acids is 2. The molecular formula is C19H16BrN3O2S. The Hall–Kier alpha value is -2.38. The number of aryl methyl sites for hydroxylation is 2. The molecule has 1 saturated heterocycles. The summed E-state index contributed by atoms with van der Waals surface area (Å²) in [6.45, 7) is 3.89. The minimum atomic E-state index is -1.04. The number of nitrogens with one attached hydrogen (secondary N) is 1. The summed E-state index contributed by atoms with van der Waals surface area (Å²) in [6.07, 6.45) is 1.38. The number of carbonyl (C=O) groups is 2. The summed E-state index contributed by atoms with van der Waals surface area (Å²) in [6, 6.07) is 13.0. The molecule has 5 nitrogen and oxygen atoms in total. The van der Waals surface area contributed by atoms with E-state index in [0.717, 1.165) is 21.3 Å². The lowest BCUT2D eigenvalue weighted by Crippen LogP contribution is -2.58. The van der Waals surface area contributed by atoms with Crippen LogP contribution in [-0.2, 0) is 9.59 Å². The fourth-order valence-electron chi connectivity index (χ4n) is 2.57. The van der Waals surface area contributed by atoms with E-state index in [1.165, 1.54) is 11.1 Å². The van der Waals surface area contributed by atoms with E-state index in [1.54, 1.807) is 24.3 Å². The lowest BCUT2D eigenvalue weighted by atomic mass is 10.1. The third-order valence-corrected chi connectivity index (χ3v) is 4.83. The van der Waals surface area contributed by atoms with Gasteiger partial charge in [0, 0.05) is 10.7 Å². The van der Waals surface area contributed by atoms with Crippen molar-refractivity contribution < 1.29 is 9.59 Å². The predicted molar refractivity (Wildman–Crippen MR) is 110 cm³/mol. The van der Waals surface area contributed by atoms with Gasteiger partial charge in [-0.15, -0.1) is 0 Å². The number of anilines is 1. The number of halogens is 1. The molecule has 0 bridgehead atoms. The molecule has 0 unspecified atom stereocenters. The van der Waals surface area contributed by atoms with Gasteiger partial charge in [-0.05, 0) is 67.5 Å². The molecule has 2 amide bonds. The monoisotopic (exact) mass is 429 g/mol. The van der Waals surface area contributed by atoms with Crippen LogP contribution in [0.15, 0.2) is 51.9 Å². The second-order valence-corrected chi connectivity index (χ2v) is 7.29. The molecule has 3 rings (SSSR count). The van der Waals surface area contributed by atoms with E-state index in [9.17, 15) is 9.59 Å². The Balaban J connectivity index is 1.91. The topological polar surface area (TPSA) is 61.8 Å². The van der Waals surface area contributed by atoms with Gasteiger partial charge >= 0.3 is 0 Å². The fraction of sp³-hybridized carbons (Fsp3) is 0.158. The molecule has 26 heavy (non-hydrogen) atoms. The van der Waals surface area contributed by atoms with Crippen LogP contribution in [0, 0.1) is 19.8 Å². The van der Waals surface area contributed by atoms with Gasteiger partial charge in [-0.1, -0.05) is 28.1 Å². The molecule has 1 fully saturated rings. The van der Waals surface area contributed by atoms with Crippen molar-refractivity contribution in [2.75, 3.05) is 4.90 Å². The predicted octanol–water partition coefficient (Wildman–Crippen LogP) is 3.83. The highest BCUT2D eigenvalue weighted by molar-refractivity contribution is 9.10. The molecule has 1 aliphatic heterocycles. The number of hydrogen-bond acceptors (Lipinski definition) is 4. The van der Waals surface area contributed by atoms with Crippen molar-refractivity contribution in [3.05, 3.63) is 58.1 Å². The molecule has 0 saturated carbocycles. The standard InChI is InChI=1S/C19H16BrN3O2S/c1-11-3-4-12(2)16(9-11)21-10-15-17(24)22-19(26)23(18(15)25)14-7-5-13(20)6-8-14/h3-10,15H,1-2H3,(H,22,24,26)/t15-/m0/s1. The zero-order valence-corrected chi connectivity index (χ0v) is 16.6. The smallest absolute Gasteiger partial charge is 0.251 e. The number of aliphatic imine (C=N–C) groups is 1. The molecule has 1 aliphatic rings. The number of rotatable bonds is 3. The van der Waals surface area contributed by atoms with Gasteiger partial charge in [0.15, 0.2) is 11.0 Å². The molecule has 0 aliphatic carbocycles. The van der Waals surface area contributed by atoms with E-state index in [-0.39, 0.29) is 5.11 Å². The van der Waals surface area contributed by atoms with Crippen molar-refractivity contribution in [3.8, 4) is 0 Å². The van der Waals surface area contributed by atoms with Crippen molar-refractivity contribution in [1.29, 1.82) is 0 Å². The molecule has 2 aromatic carbocycles. The average Bonchev–Trinajstić information content (AvgIpc) is 2.59. The van der Waals surface area contributed by atoms with Crippen LogP contribution < -0.4 is 10.2 Å². The Bertz CT molecular complexity index is 925. The zero-order valence-electron chi connectivity index (χ0n) is 14.2. The summed E-state index contributed by atoms with van der Waals surface area (Å²) in [4.78, 5) is 30.9. The number of amides is 2. The minimum Gasteiger partial charge on any atom is -0.301 e. The van der Waals surface area contributed by atoms with Crippen LogP contribution in [0.4, 0.5) is 11.4 Å². The van der Waals surface area contributed by atoms with Crippen molar-refractivity contribution >= 4 is 62.7 Å². The molecular weight excluding hydrogens is 414 g/mol. The first-order valence-electron chi connectivity index (χ1n) is 7.92. The van der Waals surface area contributed by atoms with E-state index in [0.29, 0.717) is 5.69 Å². The lowest BCUT2D eigenvalue weighted by molar-refractivity contribution is -0.130. The van der Waals surface area contributed by atoms with Gasteiger partial charge in [-0.3, -0.25) is 19.5 Å². The molecule has 0 radical (unpaired) electrons. The van der Waals surface area contributed by atoms with Gasteiger partial charge in [-0.2, -0.15) is 0 Å². The van der Waals surface area contributed by atoms with Crippen LogP contribution in [0.1, 0.15) is 11.1 Å². The molecule has 2 aromatic rings. The average molecular weight is 430 g/mol. The minimum absolute atomic E-state index is 0.0682. The number of nitrogens with zero attached hydrogens (tertiary/aromatic N) is 2. The maximum absolute atomic E-state index is 12.9. The fourth-order valence-corrected chi connectivity index (χ4v) is 3.13. The van der Waals surface area contributed by atoms with Crippen molar-refractivity contribution in [1.82, 2.24) is 5.32 Å². The van der Waals surface area contributed by atoms with Gasteiger partial charge in [0.2, 0.25) is 5.91 Å². The molecule has 1 heterocycles.